The monoisotopic (exact) mass is 458 g/mol. The molecule has 0 amide bonds. The molecule has 0 nitrogen and oxygen atoms in total. The van der Waals surface area contributed by atoms with Gasteiger partial charge in [0.1, 0.15) is 0 Å². The number of hydrogen-bond donors (Lipinski definition) is 0. The van der Waals surface area contributed by atoms with E-state index in [1.54, 1.807) is 0 Å². The average Bonchev–Trinajstić information content (AvgIpc) is 2.23. The molecule has 0 aliphatic heterocycles. The molecule has 21 heavy (non-hydrogen) atoms. The summed E-state index contributed by atoms with van der Waals surface area (Å²) < 4.78 is 160. The lowest BCUT2D eigenvalue weighted by Gasteiger charge is -2.53. The van der Waals surface area contributed by atoms with E-state index in [2.05, 4.69) is 0 Å². The van der Waals surface area contributed by atoms with Gasteiger partial charge in [0.15, 0.2) is 0 Å². The molecule has 1 saturated carbocycles. The Morgan fingerprint density at radius 1 is 0.524 bits per heavy atom. The van der Waals surface area contributed by atoms with E-state index in [4.69, 9.17) is 0 Å². The highest BCUT2D eigenvalue weighted by Gasteiger charge is 3.04. The quantitative estimate of drug-likeness (QED) is 0.275. The molecular formula is C7F13I. The molecular weight excluding hydrogens is 458 g/mol. The summed E-state index contributed by atoms with van der Waals surface area (Å²) in [5.41, 5.74) is -7.26. The van der Waals surface area contributed by atoms with Crippen molar-refractivity contribution in [2.45, 2.75) is 39.2 Å². The maximum atomic E-state index is 13.4. The minimum absolute atomic E-state index is 1.00. The van der Waals surface area contributed by atoms with Gasteiger partial charge in [0.05, 0.1) is 0 Å². The van der Waals surface area contributed by atoms with Crippen LogP contribution >= 0.6 is 22.6 Å². The first kappa shape index (κ1) is 18.9. The normalized spacial score (nSPS) is 40.9. The summed E-state index contributed by atoms with van der Waals surface area (Å²) in [6.07, 6.45) is -7.34. The maximum absolute atomic E-state index is 13.4. The number of halogens is 14. The Kier molecular flexibility index (Phi) is 3.61. The van der Waals surface area contributed by atoms with Gasteiger partial charge in [0.25, 0.3) is 3.68 Å². The molecule has 0 spiro atoms. The Morgan fingerprint density at radius 2 is 0.810 bits per heavy atom. The van der Waals surface area contributed by atoms with E-state index in [1.807, 2.05) is 0 Å². The van der Waals surface area contributed by atoms with Crippen LogP contribution in [0, 0.1) is 0 Å². The third kappa shape index (κ3) is 1.59. The molecule has 0 heterocycles. The van der Waals surface area contributed by atoms with Crippen molar-refractivity contribution < 1.29 is 57.1 Å². The molecule has 1 rings (SSSR count). The fraction of sp³-hybridized carbons (Fsp3) is 1.00. The number of rotatable bonds is 0. The highest BCUT2D eigenvalue weighted by atomic mass is 127. The molecule has 14 heteroatoms. The van der Waals surface area contributed by atoms with Crippen molar-refractivity contribution in [2.75, 3.05) is 0 Å². The van der Waals surface area contributed by atoms with Gasteiger partial charge in [0, 0.05) is 0 Å². The van der Waals surface area contributed by atoms with Crippen molar-refractivity contribution in [1.82, 2.24) is 0 Å². The van der Waals surface area contributed by atoms with Gasteiger partial charge in [-0.05, 0) is 22.6 Å². The van der Waals surface area contributed by atoms with Gasteiger partial charge in [-0.3, -0.25) is 0 Å². The molecule has 1 fully saturated rings. The molecule has 0 saturated heterocycles. The van der Waals surface area contributed by atoms with Crippen LogP contribution in [0.2, 0.25) is 0 Å². The first-order valence-electron chi connectivity index (χ1n) is 4.40. The van der Waals surface area contributed by atoms with Gasteiger partial charge in [-0.2, -0.15) is 48.3 Å². The van der Waals surface area contributed by atoms with Gasteiger partial charge in [0.2, 0.25) is 0 Å². The van der Waals surface area contributed by atoms with Gasteiger partial charge in [-0.1, -0.05) is 0 Å². The van der Waals surface area contributed by atoms with E-state index in [0.29, 0.717) is 0 Å². The molecule has 0 N–H and O–H groups in total. The fourth-order valence-electron chi connectivity index (χ4n) is 1.58. The standard InChI is InChI=1S/C7F13I/c8-1(7(18,19)20)2(9,10)3(11,12)4(13,14)5(15,16)6(1,17)21. The molecule has 0 aromatic carbocycles. The molecule has 0 bridgehead atoms. The molecule has 1 aliphatic rings. The second kappa shape index (κ2) is 4.01. The van der Waals surface area contributed by atoms with Crippen molar-refractivity contribution in [1.29, 1.82) is 0 Å². The number of alkyl halides is 14. The third-order valence-corrected chi connectivity index (χ3v) is 4.25. The smallest absolute Gasteiger partial charge is 0.222 e. The van der Waals surface area contributed by atoms with E-state index in [1.165, 1.54) is 0 Å². The fourth-order valence-corrected chi connectivity index (χ4v) is 2.56. The molecule has 0 aromatic rings. The largest absolute Gasteiger partial charge is 0.433 e. The van der Waals surface area contributed by atoms with Crippen molar-refractivity contribution in [3.63, 3.8) is 0 Å². The summed E-state index contributed by atoms with van der Waals surface area (Å²) in [7, 11) is 0. The lowest BCUT2D eigenvalue weighted by molar-refractivity contribution is -0.477. The first-order valence-corrected chi connectivity index (χ1v) is 5.47. The minimum Gasteiger partial charge on any atom is -0.222 e. The molecule has 0 radical (unpaired) electrons. The lowest BCUT2D eigenvalue weighted by atomic mass is 9.73. The SMILES string of the molecule is FC(F)(F)C1(F)C(F)(F)C(F)(F)C(F)(F)C(F)(F)C1(F)I. The second-order valence-electron chi connectivity index (χ2n) is 4.03. The van der Waals surface area contributed by atoms with Crippen molar-refractivity contribution in [2.24, 2.45) is 0 Å². The highest BCUT2D eigenvalue weighted by Crippen LogP contribution is 2.73. The van der Waals surface area contributed by atoms with Crippen LogP contribution in [-0.4, -0.2) is 39.2 Å². The minimum atomic E-state index is -7.51. The zero-order valence-electron chi connectivity index (χ0n) is 8.79. The molecule has 2 atom stereocenters. The molecule has 0 aromatic heterocycles. The van der Waals surface area contributed by atoms with Crippen LogP contribution in [0.4, 0.5) is 57.1 Å². The van der Waals surface area contributed by atoms with E-state index < -0.39 is 61.8 Å². The summed E-state index contributed by atoms with van der Waals surface area (Å²) in [4.78, 5) is 0. The topological polar surface area (TPSA) is 0 Å². The van der Waals surface area contributed by atoms with Crippen LogP contribution in [0.3, 0.4) is 0 Å². The van der Waals surface area contributed by atoms with E-state index >= 15 is 0 Å². The molecule has 1 aliphatic carbocycles. The Labute approximate surface area is 119 Å². The van der Waals surface area contributed by atoms with Gasteiger partial charge < -0.3 is 0 Å². The lowest BCUT2D eigenvalue weighted by Crippen LogP contribution is -2.86. The Morgan fingerprint density at radius 3 is 1.10 bits per heavy atom. The number of hydrogen-bond acceptors (Lipinski definition) is 0. The predicted octanol–water partition coefficient (Wildman–Crippen LogP) is 4.91. The summed E-state index contributed by atoms with van der Waals surface area (Å²) in [6.45, 7) is 0. The summed E-state index contributed by atoms with van der Waals surface area (Å²) >= 11 is -1.00. The summed E-state index contributed by atoms with van der Waals surface area (Å²) in [5, 5.41) is 0. The maximum Gasteiger partial charge on any atom is 0.433 e. The van der Waals surface area contributed by atoms with Crippen LogP contribution in [0.1, 0.15) is 0 Å². The van der Waals surface area contributed by atoms with Crippen LogP contribution in [0.5, 0.6) is 0 Å². The highest BCUT2D eigenvalue weighted by molar-refractivity contribution is 14.1. The summed E-state index contributed by atoms with van der Waals surface area (Å²) in [5.74, 6) is -29.4. The third-order valence-electron chi connectivity index (χ3n) is 2.83. The molecule has 2 unspecified atom stereocenters. The van der Waals surface area contributed by atoms with Gasteiger partial charge in [-0.15, -0.1) is 0 Å². The first-order chi connectivity index (χ1) is 8.75. The van der Waals surface area contributed by atoms with Gasteiger partial charge in [-0.25, -0.2) is 8.78 Å². The Bertz CT molecular complexity index is 416. The van der Waals surface area contributed by atoms with Crippen molar-refractivity contribution in [3.8, 4) is 0 Å². The van der Waals surface area contributed by atoms with Crippen molar-refractivity contribution >= 4 is 22.6 Å². The zero-order chi connectivity index (χ0) is 17.5. The second-order valence-corrected chi connectivity index (χ2v) is 5.51. The van der Waals surface area contributed by atoms with Crippen LogP contribution in [0.15, 0.2) is 0 Å². The summed E-state index contributed by atoms with van der Waals surface area (Å²) in [6, 6.07) is 0. The van der Waals surface area contributed by atoms with E-state index in [-0.39, 0.29) is 0 Å². The van der Waals surface area contributed by atoms with E-state index in [9.17, 15) is 57.1 Å². The van der Waals surface area contributed by atoms with Crippen molar-refractivity contribution in [3.05, 3.63) is 0 Å². The van der Waals surface area contributed by atoms with Crippen LogP contribution in [-0.2, 0) is 0 Å². The zero-order valence-corrected chi connectivity index (χ0v) is 10.9. The Balaban J connectivity index is 3.93. The predicted molar refractivity (Wildman–Crippen MR) is 47.5 cm³/mol. The Hall–Kier alpha value is -0.180. The van der Waals surface area contributed by atoms with Crippen LogP contribution < -0.4 is 0 Å². The van der Waals surface area contributed by atoms with E-state index in [0.717, 1.165) is 0 Å². The average molecular weight is 458 g/mol. The molecule has 126 valence electrons. The van der Waals surface area contributed by atoms with Crippen LogP contribution in [0.25, 0.3) is 0 Å². The van der Waals surface area contributed by atoms with Gasteiger partial charge >= 0.3 is 35.5 Å².